The number of hydrogen-bond acceptors (Lipinski definition) is 11. The maximum atomic E-state index is 12.9. The second-order valence-corrected chi connectivity index (χ2v) is 12.6. The molecule has 2 unspecified atom stereocenters. The number of carbonyl (C=O) groups excluding carboxylic acids is 3. The number of nitrogens with zero attached hydrogens (tertiary/aromatic N) is 3. The largest absolute Gasteiger partial charge is 0.477 e. The van der Waals surface area contributed by atoms with Crippen molar-refractivity contribution in [1.82, 2.24) is 20.4 Å². The summed E-state index contributed by atoms with van der Waals surface area (Å²) >= 11 is 4.11. The number of aliphatic hydroxyl groups excluding tert-OH is 1. The zero-order chi connectivity index (χ0) is 27.6. The van der Waals surface area contributed by atoms with Gasteiger partial charge in [-0.15, -0.1) is 22.0 Å². The first-order valence-corrected chi connectivity index (χ1v) is 14.5. The monoisotopic (exact) mass is 578 g/mol. The maximum Gasteiger partial charge on any atom is 0.352 e. The lowest BCUT2D eigenvalue weighted by Gasteiger charge is -2.49. The molecule has 1 saturated heterocycles. The summed E-state index contributed by atoms with van der Waals surface area (Å²) in [6.07, 6.45) is -1.58. The fourth-order valence-corrected chi connectivity index (χ4v) is 7.09. The smallest absolute Gasteiger partial charge is 0.352 e. The number of hydrogen-bond donors (Lipinski definition) is 3. The molecule has 0 saturated carbocycles. The number of fused-ring (bicyclic) bond motifs is 1. The molecule has 2 aliphatic heterocycles. The summed E-state index contributed by atoms with van der Waals surface area (Å²) < 4.78 is 5.88. The molecule has 1 aromatic heterocycles. The molecular formula is C24H26N4O7S3. The third-order valence-corrected chi connectivity index (χ3v) is 9.08. The van der Waals surface area contributed by atoms with E-state index in [-0.39, 0.29) is 29.3 Å². The Hall–Kier alpha value is -2.94. The Morgan fingerprint density at radius 2 is 1.95 bits per heavy atom. The van der Waals surface area contributed by atoms with E-state index in [1.54, 1.807) is 0 Å². The minimum Gasteiger partial charge on any atom is -0.477 e. The molecule has 0 bridgehead atoms. The summed E-state index contributed by atoms with van der Waals surface area (Å²) in [5.41, 5.74) is 1.02. The Kier molecular flexibility index (Phi) is 8.75. The number of carbonyl (C=O) groups is 4. The second kappa shape index (κ2) is 11.8. The zero-order valence-electron chi connectivity index (χ0n) is 20.7. The molecule has 1 fully saturated rings. The maximum absolute atomic E-state index is 12.9. The number of carboxylic acid groups (broad SMARTS) is 1. The standard InChI is InChI=1S/C24H26N4O7S3/c1-11(2)8-35-23(34)14-6-4-13(5-7-14)18(29)19(30)25-16-20(31)28-17(22(32)33)15(9-36-21(16)28)10-37-24-27-26-12(3)38-24/h4-7,11,16,18,21,29H,8-10H2,1-3H3,(H,25,30)(H,32,33)/t16?,18?,21-/m0/s1. The first-order chi connectivity index (χ1) is 18.1. The summed E-state index contributed by atoms with van der Waals surface area (Å²) in [4.78, 5) is 50.9. The van der Waals surface area contributed by atoms with Crippen LogP contribution in [-0.4, -0.2) is 78.6 Å². The van der Waals surface area contributed by atoms with Gasteiger partial charge in [0.05, 0.1) is 12.2 Å². The van der Waals surface area contributed by atoms with Crippen LogP contribution >= 0.6 is 34.9 Å². The third-order valence-electron chi connectivity index (χ3n) is 5.68. The van der Waals surface area contributed by atoms with E-state index >= 15 is 0 Å². The van der Waals surface area contributed by atoms with E-state index in [2.05, 4.69) is 15.5 Å². The SMILES string of the molecule is Cc1nnc(SCC2=C(C(=O)O)N3C(=O)C(NC(=O)C(O)c4ccc(C(=O)OCC(C)C)cc4)[C@@H]3SC2)s1. The third kappa shape index (κ3) is 6.03. The van der Waals surface area contributed by atoms with Crippen molar-refractivity contribution in [3.63, 3.8) is 0 Å². The van der Waals surface area contributed by atoms with Crippen LogP contribution in [0.4, 0.5) is 0 Å². The number of nitrogens with one attached hydrogen (secondary N) is 1. The number of β-lactam (4-membered cyclic amide) rings is 1. The number of aryl methyl sites for hydroxylation is 1. The van der Waals surface area contributed by atoms with Gasteiger partial charge in [0, 0.05) is 11.5 Å². The number of ether oxygens (including phenoxy) is 1. The molecule has 14 heteroatoms. The van der Waals surface area contributed by atoms with Gasteiger partial charge in [-0.25, -0.2) is 9.59 Å². The molecule has 0 aliphatic carbocycles. The number of carboxylic acids is 1. The molecule has 3 heterocycles. The Labute approximate surface area is 231 Å². The summed E-state index contributed by atoms with van der Waals surface area (Å²) in [6.45, 7) is 5.94. The number of thioether (sulfide) groups is 2. The highest BCUT2D eigenvalue weighted by molar-refractivity contribution is 8.01. The van der Waals surface area contributed by atoms with E-state index in [1.807, 2.05) is 20.8 Å². The van der Waals surface area contributed by atoms with Gasteiger partial charge in [0.25, 0.3) is 11.8 Å². The second-order valence-electron chi connectivity index (χ2n) is 9.05. The minimum atomic E-state index is -1.58. The van der Waals surface area contributed by atoms with E-state index in [4.69, 9.17) is 4.74 Å². The van der Waals surface area contributed by atoms with Crippen LogP contribution in [0.15, 0.2) is 39.9 Å². The average molecular weight is 579 g/mol. The van der Waals surface area contributed by atoms with Gasteiger partial charge in [0.15, 0.2) is 10.4 Å². The topological polar surface area (TPSA) is 159 Å². The van der Waals surface area contributed by atoms with E-state index in [0.29, 0.717) is 21.4 Å². The summed E-state index contributed by atoms with van der Waals surface area (Å²) in [5, 5.41) is 31.1. The van der Waals surface area contributed by atoms with Crippen LogP contribution in [0.1, 0.15) is 40.9 Å². The van der Waals surface area contributed by atoms with Gasteiger partial charge in [0.1, 0.15) is 22.1 Å². The van der Waals surface area contributed by atoms with Crippen LogP contribution in [0.3, 0.4) is 0 Å². The molecule has 202 valence electrons. The van der Waals surface area contributed by atoms with E-state index in [0.717, 1.165) is 5.01 Å². The van der Waals surface area contributed by atoms with Crippen molar-refractivity contribution in [2.24, 2.45) is 5.92 Å². The van der Waals surface area contributed by atoms with Crippen LogP contribution in [0.2, 0.25) is 0 Å². The van der Waals surface area contributed by atoms with E-state index in [1.165, 1.54) is 64.0 Å². The fourth-order valence-electron chi connectivity index (χ4n) is 3.79. The Morgan fingerprint density at radius 1 is 1.24 bits per heavy atom. The quantitative estimate of drug-likeness (QED) is 0.216. The number of aliphatic carboxylic acids is 1. The predicted molar refractivity (Wildman–Crippen MR) is 142 cm³/mol. The number of aliphatic hydroxyl groups is 1. The highest BCUT2D eigenvalue weighted by atomic mass is 32.2. The van der Waals surface area contributed by atoms with E-state index < -0.39 is 41.3 Å². The number of rotatable bonds is 10. The lowest BCUT2D eigenvalue weighted by atomic mass is 10.0. The molecule has 11 nitrogen and oxygen atoms in total. The Bertz CT molecular complexity index is 1280. The van der Waals surface area contributed by atoms with Crippen LogP contribution in [0.25, 0.3) is 0 Å². The zero-order valence-corrected chi connectivity index (χ0v) is 23.2. The molecular weight excluding hydrogens is 552 g/mol. The van der Waals surface area contributed by atoms with Crippen LogP contribution in [0.5, 0.6) is 0 Å². The molecule has 0 spiro atoms. The van der Waals surface area contributed by atoms with Gasteiger partial charge in [-0.1, -0.05) is 49.1 Å². The summed E-state index contributed by atoms with van der Waals surface area (Å²) in [6, 6.07) is 4.81. The van der Waals surface area contributed by atoms with Gasteiger partial charge in [0.2, 0.25) is 0 Å². The lowest BCUT2D eigenvalue weighted by molar-refractivity contribution is -0.151. The summed E-state index contributed by atoms with van der Waals surface area (Å²) in [7, 11) is 0. The van der Waals surface area contributed by atoms with Gasteiger partial charge < -0.3 is 20.3 Å². The molecule has 4 rings (SSSR count). The van der Waals surface area contributed by atoms with Gasteiger partial charge >= 0.3 is 11.9 Å². The van der Waals surface area contributed by atoms with Crippen molar-refractivity contribution < 1.29 is 34.1 Å². The normalized spacial score (nSPS) is 19.6. The molecule has 2 aliphatic rings. The summed E-state index contributed by atoms with van der Waals surface area (Å²) in [5.74, 6) is -2.18. The van der Waals surface area contributed by atoms with Crippen LogP contribution < -0.4 is 5.32 Å². The average Bonchev–Trinajstić information content (AvgIpc) is 3.32. The van der Waals surface area contributed by atoms with Gasteiger partial charge in [-0.05, 0) is 36.1 Å². The molecule has 2 aromatic rings. The van der Waals surface area contributed by atoms with Crippen molar-refractivity contribution >= 4 is 58.6 Å². The number of esters is 1. The fraction of sp³-hybridized carbons (Fsp3) is 0.417. The van der Waals surface area contributed by atoms with Crippen molar-refractivity contribution in [2.45, 2.75) is 42.6 Å². The Balaban J connectivity index is 1.38. The minimum absolute atomic E-state index is 0.0847. The van der Waals surface area contributed by atoms with Gasteiger partial charge in [-0.2, -0.15) is 0 Å². The predicted octanol–water partition coefficient (Wildman–Crippen LogP) is 2.22. The van der Waals surface area contributed by atoms with Crippen molar-refractivity contribution in [3.05, 3.63) is 51.7 Å². The number of aromatic nitrogens is 2. The molecule has 3 atom stereocenters. The first-order valence-electron chi connectivity index (χ1n) is 11.6. The lowest BCUT2D eigenvalue weighted by Crippen LogP contribution is -2.70. The van der Waals surface area contributed by atoms with Gasteiger partial charge in [-0.3, -0.25) is 14.5 Å². The van der Waals surface area contributed by atoms with Crippen molar-refractivity contribution in [1.29, 1.82) is 0 Å². The van der Waals surface area contributed by atoms with Crippen molar-refractivity contribution in [2.75, 3.05) is 18.1 Å². The number of benzene rings is 1. The van der Waals surface area contributed by atoms with Crippen LogP contribution in [0, 0.1) is 12.8 Å². The number of amides is 2. The molecule has 2 amide bonds. The highest BCUT2D eigenvalue weighted by Gasteiger charge is 2.54. The highest BCUT2D eigenvalue weighted by Crippen LogP contribution is 2.42. The molecule has 3 N–H and O–H groups in total. The Morgan fingerprint density at radius 3 is 2.55 bits per heavy atom. The molecule has 1 aromatic carbocycles. The van der Waals surface area contributed by atoms with Crippen LogP contribution in [-0.2, 0) is 19.1 Å². The first kappa shape index (κ1) is 28.1. The van der Waals surface area contributed by atoms with E-state index in [9.17, 15) is 29.4 Å². The molecule has 0 radical (unpaired) electrons. The van der Waals surface area contributed by atoms with Crippen molar-refractivity contribution in [3.8, 4) is 0 Å². The molecule has 38 heavy (non-hydrogen) atoms.